The minimum atomic E-state index is -0.0225. The molecule has 26 heavy (non-hydrogen) atoms. The van der Waals surface area contributed by atoms with Crippen molar-refractivity contribution in [3.05, 3.63) is 59.8 Å². The van der Waals surface area contributed by atoms with Crippen LogP contribution in [0.2, 0.25) is 0 Å². The Bertz CT molecular complexity index is 698. The Labute approximate surface area is 156 Å². The largest absolute Gasteiger partial charge is 0.356 e. The summed E-state index contributed by atoms with van der Waals surface area (Å²) in [4.78, 5) is 21.5. The second-order valence-electron chi connectivity index (χ2n) is 6.90. The Balaban J connectivity index is 1.44. The molecule has 3 rings (SSSR count). The van der Waals surface area contributed by atoms with Gasteiger partial charge in [0.25, 0.3) is 5.91 Å². The molecule has 0 radical (unpaired) electrons. The van der Waals surface area contributed by atoms with Crippen LogP contribution in [0.25, 0.3) is 0 Å². The Morgan fingerprint density at radius 1 is 1.15 bits per heavy atom. The van der Waals surface area contributed by atoms with Crippen LogP contribution in [-0.2, 0) is 6.54 Å². The molecular weight excluding hydrogens is 324 g/mol. The molecule has 2 heterocycles. The highest BCUT2D eigenvalue weighted by Crippen LogP contribution is 2.21. The summed E-state index contributed by atoms with van der Waals surface area (Å²) in [5.74, 6) is 0.800. The van der Waals surface area contributed by atoms with Gasteiger partial charge in [-0.05, 0) is 50.6 Å². The number of nitrogens with one attached hydrogen (secondary N) is 1. The summed E-state index contributed by atoms with van der Waals surface area (Å²) in [5, 5.41) is 3.05. The molecule has 2 aromatic rings. The van der Waals surface area contributed by atoms with Gasteiger partial charge in [0, 0.05) is 32.4 Å². The summed E-state index contributed by atoms with van der Waals surface area (Å²) >= 11 is 0. The number of amides is 1. The molecule has 0 aliphatic carbocycles. The van der Waals surface area contributed by atoms with Gasteiger partial charge < -0.3 is 15.1 Å². The maximum atomic E-state index is 12.6. The second kappa shape index (κ2) is 9.34. The number of pyridine rings is 1. The maximum Gasteiger partial charge on any atom is 0.255 e. The Morgan fingerprint density at radius 3 is 2.69 bits per heavy atom. The number of benzene rings is 1. The van der Waals surface area contributed by atoms with E-state index >= 15 is 0 Å². The van der Waals surface area contributed by atoms with E-state index in [0.29, 0.717) is 12.1 Å². The van der Waals surface area contributed by atoms with Crippen molar-refractivity contribution in [1.82, 2.24) is 15.2 Å². The predicted octanol–water partition coefficient (Wildman–Crippen LogP) is 2.93. The predicted molar refractivity (Wildman–Crippen MR) is 105 cm³/mol. The molecule has 0 spiro atoms. The number of carbonyl (C=O) groups is 1. The molecule has 1 fully saturated rings. The van der Waals surface area contributed by atoms with Crippen LogP contribution >= 0.6 is 0 Å². The van der Waals surface area contributed by atoms with Crippen LogP contribution in [0.3, 0.4) is 0 Å². The molecule has 5 nitrogen and oxygen atoms in total. The average Bonchev–Trinajstić information content (AvgIpc) is 3.20. The molecule has 1 aliphatic rings. The first kappa shape index (κ1) is 18.4. The fourth-order valence-electron chi connectivity index (χ4n) is 3.38. The molecule has 1 aromatic carbocycles. The van der Waals surface area contributed by atoms with E-state index in [0.717, 1.165) is 38.4 Å². The summed E-state index contributed by atoms with van der Waals surface area (Å²) in [6.45, 7) is 4.52. The van der Waals surface area contributed by atoms with Gasteiger partial charge >= 0.3 is 0 Å². The van der Waals surface area contributed by atoms with Crippen LogP contribution in [0.1, 0.15) is 35.2 Å². The third kappa shape index (κ3) is 5.05. The van der Waals surface area contributed by atoms with E-state index in [9.17, 15) is 4.79 Å². The average molecular weight is 352 g/mol. The lowest BCUT2D eigenvalue weighted by Gasteiger charge is -2.20. The van der Waals surface area contributed by atoms with Crippen LogP contribution in [0, 0.1) is 0 Å². The van der Waals surface area contributed by atoms with Crippen molar-refractivity contribution >= 4 is 11.7 Å². The number of hydrogen-bond donors (Lipinski definition) is 1. The summed E-state index contributed by atoms with van der Waals surface area (Å²) in [6.07, 6.45) is 5.04. The van der Waals surface area contributed by atoms with Crippen molar-refractivity contribution in [2.24, 2.45) is 0 Å². The highest BCUT2D eigenvalue weighted by atomic mass is 16.1. The van der Waals surface area contributed by atoms with Gasteiger partial charge in [-0.3, -0.25) is 4.79 Å². The normalized spacial score (nSPS) is 14.0. The third-order valence-electron chi connectivity index (χ3n) is 4.73. The highest BCUT2D eigenvalue weighted by molar-refractivity contribution is 5.98. The van der Waals surface area contributed by atoms with Gasteiger partial charge in [0.2, 0.25) is 0 Å². The fraction of sp³-hybridized carbons (Fsp3) is 0.429. The molecule has 1 aliphatic heterocycles. The maximum absolute atomic E-state index is 12.6. The van der Waals surface area contributed by atoms with Crippen molar-refractivity contribution < 1.29 is 4.79 Å². The molecule has 1 aromatic heterocycles. The number of rotatable bonds is 8. The van der Waals surface area contributed by atoms with Gasteiger partial charge in [0.15, 0.2) is 0 Å². The Hall–Kier alpha value is -2.40. The zero-order valence-corrected chi connectivity index (χ0v) is 15.5. The standard InChI is InChI=1S/C21H28N4O/c1-24(17-18-9-3-2-4-10-18)14-8-13-23-21(26)19-11-7-12-22-20(19)25-15-5-6-16-25/h2-4,7,9-12H,5-6,8,13-17H2,1H3,(H,23,26). The minimum Gasteiger partial charge on any atom is -0.356 e. The smallest absolute Gasteiger partial charge is 0.255 e. The van der Waals surface area contributed by atoms with Gasteiger partial charge in [-0.15, -0.1) is 0 Å². The van der Waals surface area contributed by atoms with Crippen molar-refractivity contribution in [1.29, 1.82) is 0 Å². The van der Waals surface area contributed by atoms with Crippen LogP contribution in [0.15, 0.2) is 48.7 Å². The molecule has 0 bridgehead atoms. The molecule has 1 N–H and O–H groups in total. The zero-order chi connectivity index (χ0) is 18.2. The number of anilines is 1. The van der Waals surface area contributed by atoms with Crippen molar-refractivity contribution in [3.8, 4) is 0 Å². The third-order valence-corrected chi connectivity index (χ3v) is 4.73. The lowest BCUT2D eigenvalue weighted by atomic mass is 10.2. The van der Waals surface area contributed by atoms with Gasteiger partial charge in [-0.2, -0.15) is 0 Å². The van der Waals surface area contributed by atoms with E-state index in [2.05, 4.69) is 51.4 Å². The molecule has 5 heteroatoms. The van der Waals surface area contributed by atoms with Gasteiger partial charge in [0.1, 0.15) is 5.82 Å². The molecule has 1 saturated heterocycles. The number of nitrogens with zero attached hydrogens (tertiary/aromatic N) is 3. The van der Waals surface area contributed by atoms with E-state index in [1.54, 1.807) is 6.20 Å². The summed E-state index contributed by atoms with van der Waals surface area (Å²) in [6, 6.07) is 14.2. The summed E-state index contributed by atoms with van der Waals surface area (Å²) in [5.41, 5.74) is 2.00. The van der Waals surface area contributed by atoms with Crippen LogP contribution in [-0.4, -0.2) is 49.0 Å². The SMILES string of the molecule is CN(CCCNC(=O)c1cccnc1N1CCCC1)Cc1ccccc1. The molecule has 1 amide bonds. The van der Waals surface area contributed by atoms with Crippen molar-refractivity contribution in [2.75, 3.05) is 38.1 Å². The zero-order valence-electron chi connectivity index (χ0n) is 15.5. The van der Waals surface area contributed by atoms with Crippen molar-refractivity contribution in [3.63, 3.8) is 0 Å². The minimum absolute atomic E-state index is 0.0225. The van der Waals surface area contributed by atoms with E-state index in [1.165, 1.54) is 18.4 Å². The van der Waals surface area contributed by atoms with Crippen molar-refractivity contribution in [2.45, 2.75) is 25.8 Å². The molecule has 0 atom stereocenters. The highest BCUT2D eigenvalue weighted by Gasteiger charge is 2.20. The number of carbonyl (C=O) groups excluding carboxylic acids is 1. The van der Waals surface area contributed by atoms with E-state index in [4.69, 9.17) is 0 Å². The monoisotopic (exact) mass is 352 g/mol. The van der Waals surface area contributed by atoms with Gasteiger partial charge in [0.05, 0.1) is 5.56 Å². The van der Waals surface area contributed by atoms with Crippen LogP contribution in [0.5, 0.6) is 0 Å². The lowest BCUT2D eigenvalue weighted by molar-refractivity contribution is 0.0952. The van der Waals surface area contributed by atoms with E-state index in [1.807, 2.05) is 18.2 Å². The summed E-state index contributed by atoms with van der Waals surface area (Å²) in [7, 11) is 2.11. The molecule has 0 saturated carbocycles. The molecule has 0 unspecified atom stereocenters. The molecule has 138 valence electrons. The van der Waals surface area contributed by atoms with Gasteiger partial charge in [-0.1, -0.05) is 30.3 Å². The summed E-state index contributed by atoms with van der Waals surface area (Å²) < 4.78 is 0. The van der Waals surface area contributed by atoms with Crippen LogP contribution < -0.4 is 10.2 Å². The van der Waals surface area contributed by atoms with Gasteiger partial charge in [-0.25, -0.2) is 4.98 Å². The first-order valence-electron chi connectivity index (χ1n) is 9.44. The topological polar surface area (TPSA) is 48.5 Å². The molecular formula is C21H28N4O. The lowest BCUT2D eigenvalue weighted by Crippen LogP contribution is -2.30. The Morgan fingerprint density at radius 2 is 1.92 bits per heavy atom. The van der Waals surface area contributed by atoms with E-state index in [-0.39, 0.29) is 5.91 Å². The van der Waals surface area contributed by atoms with Crippen LogP contribution in [0.4, 0.5) is 5.82 Å². The second-order valence-corrected chi connectivity index (χ2v) is 6.90. The quantitative estimate of drug-likeness (QED) is 0.742. The number of aromatic nitrogens is 1. The first-order valence-corrected chi connectivity index (χ1v) is 9.44. The first-order chi connectivity index (χ1) is 12.7. The fourth-order valence-corrected chi connectivity index (χ4v) is 3.38. The number of hydrogen-bond acceptors (Lipinski definition) is 4. The van der Waals surface area contributed by atoms with E-state index < -0.39 is 0 Å². The Kier molecular flexibility index (Phi) is 6.61.